The van der Waals surface area contributed by atoms with Crippen molar-refractivity contribution >= 4 is 10.9 Å². The lowest BCUT2D eigenvalue weighted by Crippen LogP contribution is -2.30. The van der Waals surface area contributed by atoms with Crippen LogP contribution in [0.25, 0.3) is 10.9 Å². The van der Waals surface area contributed by atoms with E-state index in [1.807, 2.05) is 6.07 Å². The summed E-state index contributed by atoms with van der Waals surface area (Å²) in [6, 6.07) is 17.1. The molecular weight excluding hydrogens is 284 g/mol. The summed E-state index contributed by atoms with van der Waals surface area (Å²) in [6.45, 7) is 3.96. The van der Waals surface area contributed by atoms with Crippen molar-refractivity contribution in [3.8, 4) is 5.75 Å². The Hall–Kier alpha value is -2.26. The molecule has 118 valence electrons. The zero-order valence-electron chi connectivity index (χ0n) is 13.7. The highest BCUT2D eigenvalue weighted by Gasteiger charge is 2.26. The fraction of sp³-hybridized carbons (Fsp3) is 0.300. The number of ether oxygens (including phenoxy) is 1. The van der Waals surface area contributed by atoms with Crippen molar-refractivity contribution in [1.82, 2.24) is 9.88 Å². The zero-order valence-corrected chi connectivity index (χ0v) is 13.7. The van der Waals surface area contributed by atoms with Crippen LogP contribution < -0.4 is 4.74 Å². The van der Waals surface area contributed by atoms with E-state index in [9.17, 15) is 0 Å². The molecule has 0 saturated heterocycles. The van der Waals surface area contributed by atoms with Crippen LogP contribution >= 0.6 is 0 Å². The van der Waals surface area contributed by atoms with Crippen molar-refractivity contribution in [2.75, 3.05) is 13.6 Å². The quantitative estimate of drug-likeness (QED) is 0.781. The van der Waals surface area contributed by atoms with E-state index in [2.05, 4.69) is 66.3 Å². The molecule has 3 aromatic rings. The highest BCUT2D eigenvalue weighted by atomic mass is 16.5. The topological polar surface area (TPSA) is 28.3 Å². The van der Waals surface area contributed by atoms with Gasteiger partial charge in [0.05, 0.1) is 0 Å². The third-order valence-corrected chi connectivity index (χ3v) is 4.95. The number of nitrogens with one attached hydrogen (secondary N) is 1. The molecule has 0 radical (unpaired) electrons. The van der Waals surface area contributed by atoms with Crippen molar-refractivity contribution in [3.63, 3.8) is 0 Å². The second-order valence-corrected chi connectivity index (χ2v) is 6.38. The third kappa shape index (κ3) is 2.51. The SMILES string of the molecule is CC1c2[nH]c3cccc(OCc4ccccc4)c3c2CCN1C. The Morgan fingerprint density at radius 1 is 1.13 bits per heavy atom. The Kier molecular flexibility index (Phi) is 3.58. The van der Waals surface area contributed by atoms with Gasteiger partial charge in [-0.05, 0) is 43.7 Å². The van der Waals surface area contributed by atoms with Gasteiger partial charge in [-0.2, -0.15) is 0 Å². The van der Waals surface area contributed by atoms with Crippen LogP contribution in [0.1, 0.15) is 29.8 Å². The molecular formula is C20H22N2O. The second-order valence-electron chi connectivity index (χ2n) is 6.38. The van der Waals surface area contributed by atoms with Gasteiger partial charge in [0.15, 0.2) is 0 Å². The highest BCUT2D eigenvalue weighted by Crippen LogP contribution is 2.38. The van der Waals surface area contributed by atoms with Crippen LogP contribution in [0.2, 0.25) is 0 Å². The molecule has 0 aliphatic carbocycles. The van der Waals surface area contributed by atoms with Gasteiger partial charge < -0.3 is 9.72 Å². The summed E-state index contributed by atoms with van der Waals surface area (Å²) in [5.74, 6) is 0.987. The lowest BCUT2D eigenvalue weighted by molar-refractivity contribution is 0.244. The highest BCUT2D eigenvalue weighted by molar-refractivity contribution is 5.91. The molecule has 0 amide bonds. The molecule has 2 heterocycles. The predicted molar refractivity (Wildman–Crippen MR) is 93.8 cm³/mol. The molecule has 0 saturated carbocycles. The number of aromatic nitrogens is 1. The van der Waals surface area contributed by atoms with Crippen LogP contribution in [0, 0.1) is 0 Å². The number of hydrogen-bond acceptors (Lipinski definition) is 2. The molecule has 3 heteroatoms. The maximum Gasteiger partial charge on any atom is 0.129 e. The first-order valence-corrected chi connectivity index (χ1v) is 8.24. The van der Waals surface area contributed by atoms with Crippen molar-refractivity contribution < 1.29 is 4.74 Å². The number of benzene rings is 2. The van der Waals surface area contributed by atoms with E-state index in [-0.39, 0.29) is 0 Å². The average Bonchev–Trinajstić information content (AvgIpc) is 2.97. The largest absolute Gasteiger partial charge is 0.488 e. The minimum absolute atomic E-state index is 0.424. The van der Waals surface area contributed by atoms with Crippen molar-refractivity contribution in [3.05, 3.63) is 65.4 Å². The summed E-state index contributed by atoms with van der Waals surface area (Å²) in [7, 11) is 2.19. The fourth-order valence-electron chi connectivity index (χ4n) is 3.48. The average molecular weight is 306 g/mol. The number of rotatable bonds is 3. The summed E-state index contributed by atoms with van der Waals surface area (Å²) in [5.41, 5.74) is 5.14. The summed E-state index contributed by atoms with van der Waals surface area (Å²) in [6.07, 6.45) is 1.07. The Bertz CT molecular complexity index is 822. The first-order chi connectivity index (χ1) is 11.2. The number of H-pyrrole nitrogens is 1. The number of aromatic amines is 1. The van der Waals surface area contributed by atoms with E-state index in [1.54, 1.807) is 0 Å². The summed E-state index contributed by atoms with van der Waals surface area (Å²) in [4.78, 5) is 6.00. The summed E-state index contributed by atoms with van der Waals surface area (Å²) >= 11 is 0. The number of likely N-dealkylation sites (N-methyl/N-ethyl adjacent to an activating group) is 1. The van der Waals surface area contributed by atoms with Crippen molar-refractivity contribution in [2.24, 2.45) is 0 Å². The Morgan fingerprint density at radius 3 is 2.78 bits per heavy atom. The van der Waals surface area contributed by atoms with Gasteiger partial charge in [0.2, 0.25) is 0 Å². The van der Waals surface area contributed by atoms with Crippen LogP contribution in [0.4, 0.5) is 0 Å². The minimum Gasteiger partial charge on any atom is -0.488 e. The third-order valence-electron chi connectivity index (χ3n) is 4.95. The van der Waals surface area contributed by atoms with E-state index < -0.39 is 0 Å². The van der Waals surface area contributed by atoms with E-state index in [0.29, 0.717) is 12.6 Å². The van der Waals surface area contributed by atoms with Gasteiger partial charge in [-0.15, -0.1) is 0 Å². The molecule has 0 bridgehead atoms. The first kappa shape index (κ1) is 14.3. The van der Waals surface area contributed by atoms with E-state index in [4.69, 9.17) is 4.74 Å². The van der Waals surface area contributed by atoms with Crippen LogP contribution in [-0.2, 0) is 13.0 Å². The molecule has 1 unspecified atom stereocenters. The second kappa shape index (κ2) is 5.74. The maximum atomic E-state index is 6.16. The lowest BCUT2D eigenvalue weighted by atomic mass is 9.98. The molecule has 4 rings (SSSR count). The van der Waals surface area contributed by atoms with Gasteiger partial charge in [0, 0.05) is 29.2 Å². The van der Waals surface area contributed by atoms with Crippen LogP contribution in [-0.4, -0.2) is 23.5 Å². The first-order valence-electron chi connectivity index (χ1n) is 8.24. The van der Waals surface area contributed by atoms with Gasteiger partial charge in [-0.25, -0.2) is 0 Å². The van der Waals surface area contributed by atoms with E-state index in [1.165, 1.54) is 27.7 Å². The molecule has 1 aliphatic rings. The summed E-state index contributed by atoms with van der Waals surface area (Å²) < 4.78 is 6.16. The van der Waals surface area contributed by atoms with E-state index in [0.717, 1.165) is 18.7 Å². The van der Waals surface area contributed by atoms with Crippen LogP contribution in [0.3, 0.4) is 0 Å². The lowest BCUT2D eigenvalue weighted by Gasteiger charge is -2.29. The number of hydrogen-bond donors (Lipinski definition) is 1. The van der Waals surface area contributed by atoms with Crippen molar-refractivity contribution in [1.29, 1.82) is 0 Å². The normalized spacial score (nSPS) is 18.1. The fourth-order valence-corrected chi connectivity index (χ4v) is 3.48. The number of fused-ring (bicyclic) bond motifs is 3. The molecule has 0 spiro atoms. The van der Waals surface area contributed by atoms with Gasteiger partial charge in [-0.3, -0.25) is 4.90 Å². The predicted octanol–water partition coefficient (Wildman–Crippen LogP) is 4.30. The van der Waals surface area contributed by atoms with Crippen molar-refractivity contribution in [2.45, 2.75) is 26.0 Å². The summed E-state index contributed by atoms with van der Waals surface area (Å²) in [5, 5.41) is 1.26. The molecule has 0 fully saturated rings. The molecule has 23 heavy (non-hydrogen) atoms. The minimum atomic E-state index is 0.424. The van der Waals surface area contributed by atoms with Crippen LogP contribution in [0.15, 0.2) is 48.5 Å². The number of nitrogens with zero attached hydrogens (tertiary/aromatic N) is 1. The molecule has 1 aliphatic heterocycles. The molecule has 1 aromatic heterocycles. The molecule has 1 atom stereocenters. The van der Waals surface area contributed by atoms with Gasteiger partial charge in [0.25, 0.3) is 0 Å². The van der Waals surface area contributed by atoms with Gasteiger partial charge >= 0.3 is 0 Å². The smallest absolute Gasteiger partial charge is 0.129 e. The molecule has 2 aromatic carbocycles. The van der Waals surface area contributed by atoms with E-state index >= 15 is 0 Å². The zero-order chi connectivity index (χ0) is 15.8. The van der Waals surface area contributed by atoms with Gasteiger partial charge in [-0.1, -0.05) is 36.4 Å². The Morgan fingerprint density at radius 2 is 1.96 bits per heavy atom. The van der Waals surface area contributed by atoms with Crippen LogP contribution in [0.5, 0.6) is 5.75 Å². The standard InChI is InChI=1S/C20H22N2O/c1-14-20-16(11-12-22(14)2)19-17(21-20)9-6-10-18(19)23-13-15-7-4-3-5-8-15/h3-10,14,21H,11-13H2,1-2H3. The molecule has 3 nitrogen and oxygen atoms in total. The van der Waals surface area contributed by atoms with Gasteiger partial charge in [0.1, 0.15) is 12.4 Å². The molecule has 1 N–H and O–H groups in total. The Balaban J connectivity index is 1.72. The monoisotopic (exact) mass is 306 g/mol. The maximum absolute atomic E-state index is 6.16. The Labute approximate surface area is 136 Å².